The lowest BCUT2D eigenvalue weighted by atomic mass is 10.1. The first kappa shape index (κ1) is 20.5. The van der Waals surface area contributed by atoms with Gasteiger partial charge in [0.25, 0.3) is 0 Å². The van der Waals surface area contributed by atoms with Crippen LogP contribution in [0.5, 0.6) is 11.5 Å². The third kappa shape index (κ3) is 4.08. The number of alkyl halides is 3. The Bertz CT molecular complexity index is 1090. The second-order valence-corrected chi connectivity index (χ2v) is 8.76. The molecule has 1 saturated heterocycles. The van der Waals surface area contributed by atoms with Gasteiger partial charge in [-0.3, -0.25) is 4.79 Å². The molecular weight excluding hydrogens is 425 g/mol. The highest BCUT2D eigenvalue weighted by Crippen LogP contribution is 2.37. The Morgan fingerprint density at radius 1 is 1.10 bits per heavy atom. The Balaban J connectivity index is 1.43. The molecule has 1 N–H and O–H groups in total. The third-order valence-corrected chi connectivity index (χ3v) is 6.33. The van der Waals surface area contributed by atoms with Crippen LogP contribution in [0.2, 0.25) is 0 Å². The Morgan fingerprint density at radius 2 is 1.87 bits per heavy atom. The van der Waals surface area contributed by atoms with Crippen molar-refractivity contribution in [3.05, 3.63) is 48.0 Å². The number of carbonyl (C=O) groups excluding carboxylic acids is 1. The van der Waals surface area contributed by atoms with Crippen molar-refractivity contribution >= 4 is 21.6 Å². The second kappa shape index (κ2) is 7.47. The van der Waals surface area contributed by atoms with Crippen LogP contribution in [-0.2, 0) is 21.0 Å². The number of nitrogens with zero attached hydrogens (tertiary/aromatic N) is 1. The fourth-order valence-electron chi connectivity index (χ4n) is 3.37. The second-order valence-electron chi connectivity index (χ2n) is 6.99. The molecule has 4 rings (SSSR count). The summed E-state index contributed by atoms with van der Waals surface area (Å²) in [6.07, 6.45) is -4.53. The number of fused-ring (bicyclic) bond motifs is 1. The molecule has 2 aliphatic heterocycles. The molecule has 30 heavy (non-hydrogen) atoms. The largest absolute Gasteiger partial charge is 0.454 e. The van der Waals surface area contributed by atoms with Gasteiger partial charge in [0.15, 0.2) is 11.5 Å². The average Bonchev–Trinajstić information content (AvgIpc) is 3.31. The van der Waals surface area contributed by atoms with Crippen LogP contribution in [0.15, 0.2) is 47.4 Å². The number of anilines is 1. The molecule has 0 aliphatic carbocycles. The predicted molar refractivity (Wildman–Crippen MR) is 99.7 cm³/mol. The summed E-state index contributed by atoms with van der Waals surface area (Å²) in [5.74, 6) is 0.588. The maximum atomic E-state index is 12.8. The minimum atomic E-state index is -4.64. The van der Waals surface area contributed by atoms with E-state index in [4.69, 9.17) is 9.47 Å². The predicted octanol–water partition coefficient (Wildman–Crippen LogP) is 2.77. The molecule has 0 spiro atoms. The molecule has 2 heterocycles. The highest BCUT2D eigenvalue weighted by molar-refractivity contribution is 7.89. The standard InChI is InChI=1S/C19H17F3N2O5S/c20-19(21,22)13-2-1-3-15(7-13)30(26,27)23-9-12-6-18(25)24(10-12)14-4-5-16-17(8-14)29-11-28-16/h1-5,7-8,12,23H,6,9-11H2. The van der Waals surface area contributed by atoms with E-state index in [1.165, 1.54) is 4.90 Å². The lowest BCUT2D eigenvalue weighted by Crippen LogP contribution is -2.31. The lowest BCUT2D eigenvalue weighted by molar-refractivity contribution is -0.137. The van der Waals surface area contributed by atoms with Gasteiger partial charge in [-0.25, -0.2) is 13.1 Å². The number of nitrogens with one attached hydrogen (secondary N) is 1. The molecule has 160 valence electrons. The molecule has 1 unspecified atom stereocenters. The number of carbonyl (C=O) groups is 1. The summed E-state index contributed by atoms with van der Waals surface area (Å²) in [7, 11) is -4.15. The summed E-state index contributed by atoms with van der Waals surface area (Å²) in [6.45, 7) is 0.293. The molecule has 0 aromatic heterocycles. The lowest BCUT2D eigenvalue weighted by Gasteiger charge is -2.17. The first-order chi connectivity index (χ1) is 14.1. The van der Waals surface area contributed by atoms with E-state index in [0.717, 1.165) is 18.2 Å². The van der Waals surface area contributed by atoms with Crippen LogP contribution < -0.4 is 19.1 Å². The zero-order valence-electron chi connectivity index (χ0n) is 15.5. The summed E-state index contributed by atoms with van der Waals surface area (Å²) >= 11 is 0. The normalized spacial score (nSPS) is 18.8. The minimum absolute atomic E-state index is 0.0780. The summed E-state index contributed by atoms with van der Waals surface area (Å²) in [5.41, 5.74) is -0.442. The minimum Gasteiger partial charge on any atom is -0.454 e. The highest BCUT2D eigenvalue weighted by Gasteiger charge is 2.34. The van der Waals surface area contributed by atoms with E-state index in [-0.39, 0.29) is 38.1 Å². The zero-order chi connectivity index (χ0) is 21.5. The Hall–Kier alpha value is -2.79. The molecule has 1 fully saturated rings. The van der Waals surface area contributed by atoms with Crippen molar-refractivity contribution in [1.29, 1.82) is 0 Å². The van der Waals surface area contributed by atoms with Crippen LogP contribution in [0.1, 0.15) is 12.0 Å². The molecule has 2 aromatic rings. The number of halogens is 3. The first-order valence-electron chi connectivity index (χ1n) is 9.00. The third-order valence-electron chi connectivity index (χ3n) is 4.91. The maximum Gasteiger partial charge on any atom is 0.416 e. The number of benzene rings is 2. The van der Waals surface area contributed by atoms with Crippen molar-refractivity contribution in [3.8, 4) is 11.5 Å². The molecule has 0 radical (unpaired) electrons. The molecule has 1 amide bonds. The van der Waals surface area contributed by atoms with Gasteiger partial charge in [-0.1, -0.05) is 6.07 Å². The smallest absolute Gasteiger partial charge is 0.416 e. The fraction of sp³-hybridized carbons (Fsp3) is 0.316. The van der Waals surface area contributed by atoms with E-state index < -0.39 is 26.7 Å². The van der Waals surface area contributed by atoms with Crippen molar-refractivity contribution in [2.24, 2.45) is 5.92 Å². The van der Waals surface area contributed by atoms with Crippen molar-refractivity contribution in [1.82, 2.24) is 4.72 Å². The topological polar surface area (TPSA) is 84.9 Å². The van der Waals surface area contributed by atoms with Crippen LogP contribution in [0.3, 0.4) is 0 Å². The van der Waals surface area contributed by atoms with Gasteiger partial charge in [0, 0.05) is 31.3 Å². The van der Waals surface area contributed by atoms with Gasteiger partial charge < -0.3 is 14.4 Å². The summed E-state index contributed by atoms with van der Waals surface area (Å²) < 4.78 is 76.2. The summed E-state index contributed by atoms with van der Waals surface area (Å²) in [6, 6.07) is 8.59. The number of rotatable bonds is 5. The van der Waals surface area contributed by atoms with Crippen molar-refractivity contribution < 1.29 is 35.9 Å². The number of hydrogen-bond acceptors (Lipinski definition) is 5. The van der Waals surface area contributed by atoms with Crippen LogP contribution in [-0.4, -0.2) is 34.2 Å². The fourth-order valence-corrected chi connectivity index (χ4v) is 4.53. The molecule has 2 aromatic carbocycles. The van der Waals surface area contributed by atoms with E-state index in [1.807, 2.05) is 0 Å². The Labute approximate surface area is 170 Å². The SMILES string of the molecule is O=C1CC(CNS(=O)(=O)c2cccc(C(F)(F)F)c2)CN1c1ccc2c(c1)OCO2. The van der Waals surface area contributed by atoms with E-state index in [9.17, 15) is 26.4 Å². The Kier molecular flexibility index (Phi) is 5.10. The van der Waals surface area contributed by atoms with Crippen molar-refractivity contribution in [3.63, 3.8) is 0 Å². The molecular formula is C19H17F3N2O5S. The van der Waals surface area contributed by atoms with Crippen LogP contribution >= 0.6 is 0 Å². The zero-order valence-corrected chi connectivity index (χ0v) is 16.3. The molecule has 0 bridgehead atoms. The molecule has 0 saturated carbocycles. The van der Waals surface area contributed by atoms with Crippen LogP contribution in [0.25, 0.3) is 0 Å². The van der Waals surface area contributed by atoms with E-state index in [1.54, 1.807) is 18.2 Å². The van der Waals surface area contributed by atoms with Crippen LogP contribution in [0.4, 0.5) is 18.9 Å². The number of ether oxygens (including phenoxy) is 2. The summed E-state index contributed by atoms with van der Waals surface area (Å²) in [5, 5.41) is 0. The highest BCUT2D eigenvalue weighted by atomic mass is 32.2. The monoisotopic (exact) mass is 442 g/mol. The van der Waals surface area contributed by atoms with Gasteiger partial charge in [0.1, 0.15) is 0 Å². The molecule has 2 aliphatic rings. The van der Waals surface area contributed by atoms with Gasteiger partial charge >= 0.3 is 6.18 Å². The number of hydrogen-bond donors (Lipinski definition) is 1. The van der Waals surface area contributed by atoms with Gasteiger partial charge in [-0.05, 0) is 36.2 Å². The van der Waals surface area contributed by atoms with Crippen molar-refractivity contribution in [2.75, 3.05) is 24.8 Å². The Morgan fingerprint density at radius 3 is 2.63 bits per heavy atom. The van der Waals surface area contributed by atoms with Crippen LogP contribution in [0, 0.1) is 5.92 Å². The number of amides is 1. The number of sulfonamides is 1. The van der Waals surface area contributed by atoms with Gasteiger partial charge in [-0.15, -0.1) is 0 Å². The molecule has 1 atom stereocenters. The molecule has 11 heteroatoms. The molecule has 7 nitrogen and oxygen atoms in total. The van der Waals surface area contributed by atoms with E-state index in [0.29, 0.717) is 23.3 Å². The van der Waals surface area contributed by atoms with Gasteiger partial charge in [-0.2, -0.15) is 13.2 Å². The average molecular weight is 442 g/mol. The van der Waals surface area contributed by atoms with E-state index >= 15 is 0 Å². The van der Waals surface area contributed by atoms with Gasteiger partial charge in [0.2, 0.25) is 22.7 Å². The maximum absolute atomic E-state index is 12.8. The quantitative estimate of drug-likeness (QED) is 0.770. The summed E-state index contributed by atoms with van der Waals surface area (Å²) in [4.78, 5) is 13.4. The van der Waals surface area contributed by atoms with E-state index in [2.05, 4.69) is 4.72 Å². The first-order valence-corrected chi connectivity index (χ1v) is 10.5. The van der Waals surface area contributed by atoms with Crippen molar-refractivity contribution in [2.45, 2.75) is 17.5 Å². The van der Waals surface area contributed by atoms with Gasteiger partial charge in [0.05, 0.1) is 10.5 Å².